The van der Waals surface area contributed by atoms with Crippen molar-refractivity contribution in [3.63, 3.8) is 0 Å². The molecule has 0 radical (unpaired) electrons. The fourth-order valence-electron chi connectivity index (χ4n) is 2.46. The first-order chi connectivity index (χ1) is 13.0. The van der Waals surface area contributed by atoms with Gasteiger partial charge in [0.2, 0.25) is 0 Å². The third-order valence-electron chi connectivity index (χ3n) is 3.65. The molecule has 1 amide bonds. The molecule has 0 aromatic heterocycles. The molecule has 0 saturated heterocycles. The number of hydrogen-bond acceptors (Lipinski definition) is 3. The molecule has 4 nitrogen and oxygen atoms in total. The third-order valence-corrected chi connectivity index (χ3v) is 3.88. The van der Waals surface area contributed by atoms with Crippen LogP contribution in [-0.4, -0.2) is 12.0 Å². The van der Waals surface area contributed by atoms with Gasteiger partial charge in [-0.2, -0.15) is 0 Å². The highest BCUT2D eigenvalue weighted by Crippen LogP contribution is 2.32. The second-order valence-corrected chi connectivity index (χ2v) is 6.64. The average molecular weight is 382 g/mol. The molecule has 0 aliphatic heterocycles. The molecule has 0 spiro atoms. The molecule has 27 heavy (non-hydrogen) atoms. The molecule has 3 rings (SSSR count). The number of nitrogens with one attached hydrogen (secondary N) is 1. The van der Waals surface area contributed by atoms with E-state index in [0.717, 1.165) is 5.75 Å². The lowest BCUT2D eigenvalue weighted by Gasteiger charge is -2.13. The maximum Gasteiger partial charge on any atom is 0.255 e. The van der Waals surface area contributed by atoms with Crippen molar-refractivity contribution in [1.29, 1.82) is 0 Å². The first-order valence-corrected chi connectivity index (χ1v) is 8.99. The topological polar surface area (TPSA) is 47.6 Å². The van der Waals surface area contributed by atoms with Crippen LogP contribution in [0.25, 0.3) is 0 Å². The molecule has 5 heteroatoms. The molecular weight excluding hydrogens is 362 g/mol. The van der Waals surface area contributed by atoms with Crippen molar-refractivity contribution in [3.8, 4) is 17.2 Å². The van der Waals surface area contributed by atoms with E-state index in [-0.39, 0.29) is 12.0 Å². The second kappa shape index (κ2) is 8.60. The zero-order valence-electron chi connectivity index (χ0n) is 15.1. The van der Waals surface area contributed by atoms with Crippen LogP contribution in [0.2, 0.25) is 5.02 Å². The van der Waals surface area contributed by atoms with E-state index in [1.165, 1.54) is 0 Å². The van der Waals surface area contributed by atoms with Crippen molar-refractivity contribution in [1.82, 2.24) is 0 Å². The lowest BCUT2D eigenvalue weighted by Crippen LogP contribution is -2.13. The average Bonchev–Trinajstić information content (AvgIpc) is 2.65. The Bertz CT molecular complexity index is 909. The summed E-state index contributed by atoms with van der Waals surface area (Å²) in [5, 5.41) is 3.36. The minimum absolute atomic E-state index is 0.0776. The van der Waals surface area contributed by atoms with Crippen molar-refractivity contribution in [3.05, 3.63) is 83.4 Å². The predicted molar refractivity (Wildman–Crippen MR) is 108 cm³/mol. The summed E-state index contributed by atoms with van der Waals surface area (Å²) in [7, 11) is 0. The van der Waals surface area contributed by atoms with E-state index >= 15 is 0 Å². The van der Waals surface area contributed by atoms with E-state index < -0.39 is 0 Å². The zero-order valence-corrected chi connectivity index (χ0v) is 15.9. The van der Waals surface area contributed by atoms with Crippen LogP contribution in [0, 0.1) is 0 Å². The maximum atomic E-state index is 12.6. The largest absolute Gasteiger partial charge is 0.491 e. The summed E-state index contributed by atoms with van der Waals surface area (Å²) < 4.78 is 11.5. The maximum absolute atomic E-state index is 12.6. The van der Waals surface area contributed by atoms with Gasteiger partial charge in [0.05, 0.1) is 11.8 Å². The Morgan fingerprint density at radius 3 is 2.30 bits per heavy atom. The number of para-hydroxylation sites is 1. The summed E-state index contributed by atoms with van der Waals surface area (Å²) in [5.41, 5.74) is 1.01. The number of carbonyl (C=O) groups is 1. The van der Waals surface area contributed by atoms with E-state index in [4.69, 9.17) is 21.1 Å². The molecule has 0 bridgehead atoms. The molecule has 0 unspecified atom stereocenters. The summed E-state index contributed by atoms with van der Waals surface area (Å²) in [6.07, 6.45) is 0.0776. The molecule has 0 aliphatic rings. The summed E-state index contributed by atoms with van der Waals surface area (Å²) >= 11 is 6.10. The number of amides is 1. The molecule has 3 aromatic rings. The Labute approximate surface area is 163 Å². The zero-order chi connectivity index (χ0) is 19.2. The van der Waals surface area contributed by atoms with Gasteiger partial charge >= 0.3 is 0 Å². The van der Waals surface area contributed by atoms with E-state index in [1.54, 1.807) is 42.5 Å². The van der Waals surface area contributed by atoms with Gasteiger partial charge in [0.1, 0.15) is 11.5 Å². The Morgan fingerprint density at radius 2 is 1.63 bits per heavy atom. The minimum Gasteiger partial charge on any atom is -0.491 e. The summed E-state index contributed by atoms with van der Waals surface area (Å²) in [5.74, 6) is 1.65. The van der Waals surface area contributed by atoms with Gasteiger partial charge in [-0.1, -0.05) is 29.8 Å². The molecule has 3 aromatic carbocycles. The van der Waals surface area contributed by atoms with Gasteiger partial charge in [-0.05, 0) is 68.4 Å². The summed E-state index contributed by atoms with van der Waals surface area (Å²) in [6, 6.07) is 21.4. The highest BCUT2D eigenvalue weighted by Gasteiger charge is 2.12. The van der Waals surface area contributed by atoms with E-state index in [2.05, 4.69) is 5.32 Å². The molecule has 138 valence electrons. The molecule has 0 saturated carbocycles. The first-order valence-electron chi connectivity index (χ1n) is 8.62. The minimum atomic E-state index is -0.258. The van der Waals surface area contributed by atoms with Crippen LogP contribution in [-0.2, 0) is 0 Å². The fourth-order valence-corrected chi connectivity index (χ4v) is 2.63. The van der Waals surface area contributed by atoms with Crippen molar-refractivity contribution in [2.75, 3.05) is 5.32 Å². The first kappa shape index (κ1) is 18.8. The second-order valence-electron chi connectivity index (χ2n) is 6.20. The Morgan fingerprint density at radius 1 is 0.926 bits per heavy atom. The number of benzene rings is 3. The quantitative estimate of drug-likeness (QED) is 0.555. The van der Waals surface area contributed by atoms with Gasteiger partial charge in [0, 0.05) is 10.6 Å². The van der Waals surface area contributed by atoms with Crippen molar-refractivity contribution in [2.24, 2.45) is 0 Å². The number of hydrogen-bond donors (Lipinski definition) is 1. The number of ether oxygens (including phenoxy) is 2. The van der Waals surface area contributed by atoms with E-state index in [1.807, 2.05) is 44.2 Å². The van der Waals surface area contributed by atoms with E-state index in [0.29, 0.717) is 27.8 Å². The molecule has 0 heterocycles. The van der Waals surface area contributed by atoms with Gasteiger partial charge in [-0.15, -0.1) is 0 Å². The van der Waals surface area contributed by atoms with Gasteiger partial charge < -0.3 is 14.8 Å². The fraction of sp³-hybridized carbons (Fsp3) is 0.136. The van der Waals surface area contributed by atoms with Gasteiger partial charge in [-0.25, -0.2) is 0 Å². The highest BCUT2D eigenvalue weighted by molar-refractivity contribution is 6.31. The number of carbonyl (C=O) groups excluding carboxylic acids is 1. The lowest BCUT2D eigenvalue weighted by molar-refractivity contribution is 0.102. The molecular formula is C22H20ClNO3. The number of rotatable bonds is 6. The Balaban J connectivity index is 1.78. The predicted octanol–water partition coefficient (Wildman–Crippen LogP) is 6.17. The van der Waals surface area contributed by atoms with Crippen LogP contribution in [0.1, 0.15) is 24.2 Å². The standard InChI is InChI=1S/C22H20ClNO3/c1-15(2)26-19-11-8-16(9-12-19)22(25)24-20-14-17(23)10-13-21(20)27-18-6-4-3-5-7-18/h3-15H,1-2H3,(H,24,25). The van der Waals surface area contributed by atoms with E-state index in [9.17, 15) is 4.79 Å². The van der Waals surface area contributed by atoms with Crippen LogP contribution in [0.5, 0.6) is 17.2 Å². The summed E-state index contributed by atoms with van der Waals surface area (Å²) in [4.78, 5) is 12.6. The molecule has 0 atom stereocenters. The third kappa shape index (κ3) is 5.25. The molecule has 0 aliphatic carbocycles. The molecule has 1 N–H and O–H groups in total. The summed E-state index contributed by atoms with van der Waals surface area (Å²) in [6.45, 7) is 3.90. The Kier molecular flexibility index (Phi) is 5.99. The van der Waals surface area contributed by atoms with Crippen LogP contribution in [0.3, 0.4) is 0 Å². The highest BCUT2D eigenvalue weighted by atomic mass is 35.5. The van der Waals surface area contributed by atoms with Crippen LogP contribution in [0.4, 0.5) is 5.69 Å². The van der Waals surface area contributed by atoms with Gasteiger partial charge in [-0.3, -0.25) is 4.79 Å². The van der Waals surface area contributed by atoms with Crippen LogP contribution >= 0.6 is 11.6 Å². The van der Waals surface area contributed by atoms with Gasteiger partial charge in [0.25, 0.3) is 5.91 Å². The SMILES string of the molecule is CC(C)Oc1ccc(C(=O)Nc2cc(Cl)ccc2Oc2ccccc2)cc1. The number of anilines is 1. The van der Waals surface area contributed by atoms with Gasteiger partial charge in [0.15, 0.2) is 5.75 Å². The normalized spacial score (nSPS) is 10.5. The monoisotopic (exact) mass is 381 g/mol. The number of halogens is 1. The van der Waals surface area contributed by atoms with Crippen molar-refractivity contribution >= 4 is 23.2 Å². The Hall–Kier alpha value is -2.98. The smallest absolute Gasteiger partial charge is 0.255 e. The lowest BCUT2D eigenvalue weighted by atomic mass is 10.2. The van der Waals surface area contributed by atoms with Crippen molar-refractivity contribution < 1.29 is 14.3 Å². The van der Waals surface area contributed by atoms with Crippen LogP contribution in [0.15, 0.2) is 72.8 Å². The van der Waals surface area contributed by atoms with Crippen LogP contribution < -0.4 is 14.8 Å². The van der Waals surface area contributed by atoms with Crippen molar-refractivity contribution in [2.45, 2.75) is 20.0 Å². The molecule has 0 fully saturated rings.